The van der Waals surface area contributed by atoms with E-state index in [0.29, 0.717) is 25.9 Å². The molecule has 1 spiro atoms. The lowest BCUT2D eigenvalue weighted by molar-refractivity contribution is -0.141. The van der Waals surface area contributed by atoms with Crippen LogP contribution in [0.3, 0.4) is 0 Å². The Morgan fingerprint density at radius 1 is 1.13 bits per heavy atom. The summed E-state index contributed by atoms with van der Waals surface area (Å²) in [5.41, 5.74) is 0.735. The van der Waals surface area contributed by atoms with Gasteiger partial charge in [0.25, 0.3) is 0 Å². The van der Waals surface area contributed by atoms with Gasteiger partial charge in [-0.25, -0.2) is 4.39 Å². The molecule has 0 aromatic heterocycles. The summed E-state index contributed by atoms with van der Waals surface area (Å²) in [4.78, 5) is 13.3. The second kappa shape index (κ2) is 11.9. The fraction of sp³-hybridized carbons (Fsp3) is 0.581. The molecule has 3 aliphatic rings. The number of aryl methyl sites for hydroxylation is 1. The minimum absolute atomic E-state index is 0.0413. The fourth-order valence-electron chi connectivity index (χ4n) is 5.81. The first-order valence-corrected chi connectivity index (χ1v) is 14.1. The van der Waals surface area contributed by atoms with Crippen LogP contribution in [-0.4, -0.2) is 34.7 Å². The quantitative estimate of drug-likeness (QED) is 0.373. The van der Waals surface area contributed by atoms with E-state index in [2.05, 4.69) is 6.92 Å². The molecule has 2 heterocycles. The highest BCUT2D eigenvalue weighted by Gasteiger charge is 2.47. The van der Waals surface area contributed by atoms with Crippen molar-refractivity contribution in [2.45, 2.75) is 90.0 Å². The van der Waals surface area contributed by atoms with Crippen LogP contribution >= 0.6 is 0 Å². The van der Waals surface area contributed by atoms with E-state index in [4.69, 9.17) is 4.74 Å². The summed E-state index contributed by atoms with van der Waals surface area (Å²) < 4.78 is 61.5. The third-order valence-corrected chi connectivity index (χ3v) is 8.41. The van der Waals surface area contributed by atoms with Gasteiger partial charge in [-0.05, 0) is 73.6 Å². The van der Waals surface area contributed by atoms with Gasteiger partial charge < -0.3 is 9.84 Å². The van der Waals surface area contributed by atoms with Crippen molar-refractivity contribution in [2.24, 2.45) is 11.8 Å². The number of ether oxygens (including phenoxy) is 1. The van der Waals surface area contributed by atoms with Gasteiger partial charge in [0, 0.05) is 31.5 Å². The molecule has 0 bridgehead atoms. The maximum atomic E-state index is 13.9. The number of piperidine rings is 1. The molecule has 2 fully saturated rings. The Hall–Kier alpha value is -2.61. The zero-order valence-electron chi connectivity index (χ0n) is 23.0. The molecule has 0 radical (unpaired) electrons. The standard InChI is InChI=1S/C28H33F4NO3.C3H6/c1-4-21-16-33(18(3)23-15-22(29)7-8-24(23)28(30,31)32)12-11-27(21)10-9-20-6-5-19(14-25(20)36-27)13-17(2)26(34)35;1-2-3-1/h5-8,14-15,17-18,21H,4,9-13,16H2,1-3H3,(H,34,35);1-3H2. The Labute approximate surface area is 228 Å². The molecule has 0 amide bonds. The number of carboxylic acids is 1. The first-order valence-electron chi connectivity index (χ1n) is 14.1. The number of benzene rings is 2. The number of likely N-dealkylation sites (tertiary alicyclic amines) is 1. The number of hydrogen-bond donors (Lipinski definition) is 1. The van der Waals surface area contributed by atoms with E-state index in [1.165, 1.54) is 19.3 Å². The summed E-state index contributed by atoms with van der Waals surface area (Å²) in [6, 6.07) is 8.01. The highest BCUT2D eigenvalue weighted by atomic mass is 19.4. The third-order valence-electron chi connectivity index (χ3n) is 8.41. The highest BCUT2D eigenvalue weighted by molar-refractivity contribution is 5.70. The number of carbonyl (C=O) groups is 1. The van der Waals surface area contributed by atoms with Crippen LogP contribution < -0.4 is 4.74 Å². The van der Waals surface area contributed by atoms with Crippen molar-refractivity contribution in [1.82, 2.24) is 4.90 Å². The molecule has 5 rings (SSSR count). The van der Waals surface area contributed by atoms with Crippen molar-refractivity contribution in [3.63, 3.8) is 0 Å². The van der Waals surface area contributed by atoms with E-state index in [0.717, 1.165) is 54.3 Å². The molecular formula is C31H39F4NO3. The lowest BCUT2D eigenvalue weighted by Crippen LogP contribution is -2.56. The van der Waals surface area contributed by atoms with Crippen molar-refractivity contribution in [1.29, 1.82) is 0 Å². The van der Waals surface area contributed by atoms with Crippen molar-refractivity contribution >= 4 is 5.97 Å². The van der Waals surface area contributed by atoms with E-state index in [-0.39, 0.29) is 11.5 Å². The maximum absolute atomic E-state index is 13.9. The SMILES string of the molecule is C1CC1.CCC1CN(C(C)c2cc(F)ccc2C(F)(F)F)CCC12CCc1ccc(CC(C)C(=O)O)cc1O2. The molecule has 4 nitrogen and oxygen atoms in total. The minimum Gasteiger partial charge on any atom is -0.487 e. The van der Waals surface area contributed by atoms with Crippen LogP contribution in [0, 0.1) is 17.7 Å². The molecule has 1 aliphatic carbocycles. The van der Waals surface area contributed by atoms with E-state index in [9.17, 15) is 27.5 Å². The highest BCUT2D eigenvalue weighted by Crippen LogP contribution is 2.46. The van der Waals surface area contributed by atoms with Gasteiger partial charge >= 0.3 is 12.1 Å². The van der Waals surface area contributed by atoms with Crippen LogP contribution in [0.5, 0.6) is 5.75 Å². The number of nitrogens with zero attached hydrogens (tertiary/aromatic N) is 1. The molecular weight excluding hydrogens is 510 g/mol. The minimum atomic E-state index is -4.55. The number of carboxylic acid groups (broad SMARTS) is 1. The van der Waals surface area contributed by atoms with Gasteiger partial charge in [0.1, 0.15) is 17.2 Å². The van der Waals surface area contributed by atoms with Gasteiger partial charge in [-0.2, -0.15) is 13.2 Å². The summed E-state index contributed by atoms with van der Waals surface area (Å²) >= 11 is 0. The predicted molar refractivity (Wildman–Crippen MR) is 142 cm³/mol. The lowest BCUT2D eigenvalue weighted by atomic mass is 9.73. The van der Waals surface area contributed by atoms with Crippen LogP contribution in [-0.2, 0) is 23.8 Å². The molecule has 214 valence electrons. The molecule has 4 atom stereocenters. The molecule has 2 aliphatic heterocycles. The largest absolute Gasteiger partial charge is 0.487 e. The second-order valence-electron chi connectivity index (χ2n) is 11.4. The molecule has 8 heteroatoms. The van der Waals surface area contributed by atoms with E-state index >= 15 is 0 Å². The van der Waals surface area contributed by atoms with E-state index < -0.39 is 41.1 Å². The number of fused-ring (bicyclic) bond motifs is 1. The monoisotopic (exact) mass is 549 g/mol. The normalized spacial score (nSPS) is 24.1. The number of rotatable bonds is 6. The summed E-state index contributed by atoms with van der Waals surface area (Å²) in [6.45, 7) is 6.54. The van der Waals surface area contributed by atoms with Crippen molar-refractivity contribution in [2.75, 3.05) is 13.1 Å². The molecule has 39 heavy (non-hydrogen) atoms. The summed E-state index contributed by atoms with van der Waals surface area (Å²) in [6.07, 6.45) is 3.46. The van der Waals surface area contributed by atoms with Crippen LogP contribution in [0.25, 0.3) is 0 Å². The molecule has 4 unspecified atom stereocenters. The van der Waals surface area contributed by atoms with Gasteiger partial charge in [0.15, 0.2) is 0 Å². The first kappa shape index (κ1) is 29.4. The number of halogens is 4. The van der Waals surface area contributed by atoms with E-state index in [1.54, 1.807) is 13.8 Å². The fourth-order valence-corrected chi connectivity index (χ4v) is 5.81. The van der Waals surface area contributed by atoms with Crippen LogP contribution in [0.4, 0.5) is 17.6 Å². The van der Waals surface area contributed by atoms with Crippen LogP contribution in [0.15, 0.2) is 36.4 Å². The Kier molecular flexibility index (Phi) is 8.94. The topological polar surface area (TPSA) is 49.8 Å². The zero-order chi connectivity index (χ0) is 28.4. The summed E-state index contributed by atoms with van der Waals surface area (Å²) in [7, 11) is 0. The predicted octanol–water partition coefficient (Wildman–Crippen LogP) is 7.83. The third kappa shape index (κ3) is 6.94. The van der Waals surface area contributed by atoms with Gasteiger partial charge in [-0.1, -0.05) is 45.2 Å². The molecule has 2 aromatic carbocycles. The summed E-state index contributed by atoms with van der Waals surface area (Å²) in [5, 5.41) is 9.26. The Morgan fingerprint density at radius 2 is 1.85 bits per heavy atom. The molecule has 1 N–H and O–H groups in total. The number of hydrogen-bond acceptors (Lipinski definition) is 3. The van der Waals surface area contributed by atoms with Crippen LogP contribution in [0.2, 0.25) is 0 Å². The van der Waals surface area contributed by atoms with Gasteiger partial charge in [0.05, 0.1) is 11.5 Å². The Bertz CT molecular complexity index is 1160. The zero-order valence-corrected chi connectivity index (χ0v) is 23.0. The smallest absolute Gasteiger partial charge is 0.416 e. The van der Waals surface area contributed by atoms with Crippen LogP contribution in [0.1, 0.15) is 87.6 Å². The number of aliphatic carboxylic acids is 1. The van der Waals surface area contributed by atoms with Gasteiger partial charge in [-0.3, -0.25) is 9.69 Å². The number of alkyl halides is 3. The second-order valence-corrected chi connectivity index (χ2v) is 11.4. The Morgan fingerprint density at radius 3 is 2.46 bits per heavy atom. The average molecular weight is 550 g/mol. The first-order chi connectivity index (χ1) is 18.4. The molecule has 1 saturated carbocycles. The van der Waals surface area contributed by atoms with Crippen molar-refractivity contribution in [3.05, 3.63) is 64.5 Å². The average Bonchev–Trinajstić information content (AvgIpc) is 3.77. The maximum Gasteiger partial charge on any atom is 0.416 e. The molecule has 1 saturated heterocycles. The van der Waals surface area contributed by atoms with E-state index in [1.807, 2.05) is 23.1 Å². The van der Waals surface area contributed by atoms with Gasteiger partial charge in [0.2, 0.25) is 0 Å². The lowest BCUT2D eigenvalue weighted by Gasteiger charge is -2.51. The van der Waals surface area contributed by atoms with Crippen molar-refractivity contribution < 1.29 is 32.2 Å². The van der Waals surface area contributed by atoms with Crippen molar-refractivity contribution in [3.8, 4) is 5.75 Å². The Balaban J connectivity index is 0.00000110. The molecule has 2 aromatic rings. The summed E-state index contributed by atoms with van der Waals surface area (Å²) in [5.74, 6) is -1.15. The van der Waals surface area contributed by atoms with Gasteiger partial charge in [-0.15, -0.1) is 0 Å².